The number of carboxylic acids is 1. The fraction of sp³-hybridized carbons (Fsp3) is 0.0588. The summed E-state index contributed by atoms with van der Waals surface area (Å²) in [6, 6.07) is 14.6. The van der Waals surface area contributed by atoms with Crippen LogP contribution in [-0.2, 0) is 4.74 Å². The van der Waals surface area contributed by atoms with Crippen molar-refractivity contribution in [3.63, 3.8) is 0 Å². The van der Waals surface area contributed by atoms with E-state index in [4.69, 9.17) is 0 Å². The Kier molecular flexibility index (Phi) is 3.06. The van der Waals surface area contributed by atoms with Gasteiger partial charge in [-0.2, -0.15) is 0 Å². The van der Waals surface area contributed by atoms with Gasteiger partial charge in [-0.3, -0.25) is 0 Å². The van der Waals surface area contributed by atoms with Crippen molar-refractivity contribution in [2.45, 2.75) is 0 Å². The quantitative estimate of drug-likeness (QED) is 0.576. The van der Waals surface area contributed by atoms with E-state index in [9.17, 15) is 14.7 Å². The second-order valence-electron chi connectivity index (χ2n) is 4.67. The van der Waals surface area contributed by atoms with Crippen LogP contribution in [0.2, 0.25) is 0 Å². The number of carbonyl (C=O) groups is 2. The fourth-order valence-electron chi connectivity index (χ4n) is 2.60. The Morgan fingerprint density at radius 2 is 1.62 bits per heavy atom. The predicted octanol–water partition coefficient (Wildman–Crippen LogP) is 3.48. The fourth-order valence-corrected chi connectivity index (χ4v) is 2.60. The summed E-state index contributed by atoms with van der Waals surface area (Å²) in [6.45, 7) is 0. The predicted molar refractivity (Wildman–Crippen MR) is 79.8 cm³/mol. The Balaban J connectivity index is 2.46. The van der Waals surface area contributed by atoms with E-state index in [-0.39, 0.29) is 11.1 Å². The highest BCUT2D eigenvalue weighted by atomic mass is 16.5. The van der Waals surface area contributed by atoms with Crippen LogP contribution in [0.4, 0.5) is 0 Å². The molecule has 0 aliphatic rings. The highest BCUT2D eigenvalue weighted by Crippen LogP contribution is 2.30. The second kappa shape index (κ2) is 4.90. The van der Waals surface area contributed by atoms with Crippen molar-refractivity contribution < 1.29 is 19.4 Å². The Morgan fingerprint density at radius 3 is 2.33 bits per heavy atom. The van der Waals surface area contributed by atoms with E-state index in [1.54, 1.807) is 12.1 Å². The highest BCUT2D eigenvalue weighted by Gasteiger charge is 2.20. The number of benzene rings is 3. The Hall–Kier alpha value is -2.88. The average Bonchev–Trinajstić information content (AvgIpc) is 2.52. The van der Waals surface area contributed by atoms with E-state index < -0.39 is 11.9 Å². The van der Waals surface area contributed by atoms with E-state index in [0.717, 1.165) is 16.2 Å². The van der Waals surface area contributed by atoms with Gasteiger partial charge in [0.15, 0.2) is 0 Å². The van der Waals surface area contributed by atoms with Crippen molar-refractivity contribution in [3.05, 3.63) is 59.7 Å². The summed E-state index contributed by atoms with van der Waals surface area (Å²) in [5.41, 5.74) is 0.0397. The van der Waals surface area contributed by atoms with Crippen molar-refractivity contribution in [3.8, 4) is 0 Å². The standard InChI is InChI=1S/C17H12O4/c1-21-17(20)14-9-8-12-11-5-3-2-4-10(11)6-7-13(12)15(14)16(18)19/h2-9H,1H3,(H,18,19). The van der Waals surface area contributed by atoms with Gasteiger partial charge >= 0.3 is 11.9 Å². The largest absolute Gasteiger partial charge is 0.478 e. The first-order valence-corrected chi connectivity index (χ1v) is 6.39. The lowest BCUT2D eigenvalue weighted by molar-refractivity contribution is 0.0583. The molecule has 4 nitrogen and oxygen atoms in total. The number of fused-ring (bicyclic) bond motifs is 3. The molecule has 0 saturated heterocycles. The lowest BCUT2D eigenvalue weighted by atomic mass is 9.95. The molecule has 0 fully saturated rings. The maximum absolute atomic E-state index is 11.8. The third-order valence-electron chi connectivity index (χ3n) is 3.55. The van der Waals surface area contributed by atoms with Gasteiger partial charge in [0, 0.05) is 0 Å². The molecule has 0 aliphatic heterocycles. The van der Waals surface area contributed by atoms with Gasteiger partial charge in [0.05, 0.1) is 18.2 Å². The van der Waals surface area contributed by atoms with Gasteiger partial charge in [-0.25, -0.2) is 9.59 Å². The number of rotatable bonds is 2. The summed E-state index contributed by atoms with van der Waals surface area (Å²) in [7, 11) is 1.23. The molecule has 0 bridgehead atoms. The second-order valence-corrected chi connectivity index (χ2v) is 4.67. The number of carboxylic acid groups (broad SMARTS) is 1. The summed E-state index contributed by atoms with van der Waals surface area (Å²) in [4.78, 5) is 23.3. The van der Waals surface area contributed by atoms with E-state index in [1.807, 2.05) is 30.3 Å². The minimum Gasteiger partial charge on any atom is -0.478 e. The van der Waals surface area contributed by atoms with Gasteiger partial charge < -0.3 is 9.84 Å². The molecule has 0 unspecified atom stereocenters. The summed E-state index contributed by atoms with van der Waals surface area (Å²) >= 11 is 0. The smallest absolute Gasteiger partial charge is 0.338 e. The van der Waals surface area contributed by atoms with Gasteiger partial charge in [0.1, 0.15) is 0 Å². The molecular weight excluding hydrogens is 268 g/mol. The van der Waals surface area contributed by atoms with Crippen LogP contribution < -0.4 is 0 Å². The van der Waals surface area contributed by atoms with Crippen LogP contribution in [0, 0.1) is 0 Å². The van der Waals surface area contributed by atoms with Crippen LogP contribution >= 0.6 is 0 Å². The Labute approximate surface area is 120 Å². The summed E-state index contributed by atoms with van der Waals surface area (Å²) in [5, 5.41) is 12.8. The monoisotopic (exact) mass is 280 g/mol. The van der Waals surface area contributed by atoms with Crippen LogP contribution in [0.5, 0.6) is 0 Å². The van der Waals surface area contributed by atoms with Crippen molar-refractivity contribution in [2.75, 3.05) is 7.11 Å². The molecule has 0 atom stereocenters. The molecule has 3 aromatic rings. The van der Waals surface area contributed by atoms with Crippen molar-refractivity contribution in [1.82, 2.24) is 0 Å². The van der Waals surface area contributed by atoms with E-state index >= 15 is 0 Å². The Morgan fingerprint density at radius 1 is 0.905 bits per heavy atom. The number of carbonyl (C=O) groups excluding carboxylic acids is 1. The van der Waals surface area contributed by atoms with E-state index in [1.165, 1.54) is 13.2 Å². The molecule has 0 radical (unpaired) electrons. The SMILES string of the molecule is COC(=O)c1ccc2c(ccc3ccccc32)c1C(=O)O. The molecule has 21 heavy (non-hydrogen) atoms. The first-order valence-electron chi connectivity index (χ1n) is 6.39. The third-order valence-corrected chi connectivity index (χ3v) is 3.55. The average molecular weight is 280 g/mol. The van der Waals surface area contributed by atoms with Gasteiger partial charge in [0.25, 0.3) is 0 Å². The number of hydrogen-bond donors (Lipinski definition) is 1. The number of methoxy groups -OCH3 is 1. The molecule has 0 aliphatic carbocycles. The minimum atomic E-state index is -1.14. The topological polar surface area (TPSA) is 63.6 Å². The van der Waals surface area contributed by atoms with Gasteiger partial charge in [-0.15, -0.1) is 0 Å². The molecule has 0 amide bonds. The molecule has 0 spiro atoms. The zero-order chi connectivity index (χ0) is 15.0. The van der Waals surface area contributed by atoms with Crippen LogP contribution in [0.15, 0.2) is 48.5 Å². The maximum Gasteiger partial charge on any atom is 0.338 e. The van der Waals surface area contributed by atoms with E-state index in [0.29, 0.717) is 5.39 Å². The van der Waals surface area contributed by atoms with Gasteiger partial charge in [-0.05, 0) is 27.6 Å². The van der Waals surface area contributed by atoms with Crippen LogP contribution in [0.3, 0.4) is 0 Å². The number of hydrogen-bond acceptors (Lipinski definition) is 3. The lowest BCUT2D eigenvalue weighted by Gasteiger charge is -2.10. The number of esters is 1. The number of ether oxygens (including phenoxy) is 1. The zero-order valence-electron chi connectivity index (χ0n) is 11.3. The maximum atomic E-state index is 11.8. The zero-order valence-corrected chi connectivity index (χ0v) is 11.3. The first kappa shape index (κ1) is 13.1. The molecule has 0 saturated carbocycles. The number of aromatic carboxylic acids is 1. The summed E-state index contributed by atoms with van der Waals surface area (Å²) < 4.78 is 4.66. The summed E-state index contributed by atoms with van der Waals surface area (Å²) in [5.74, 6) is -1.79. The normalized spacial score (nSPS) is 10.7. The molecule has 1 N–H and O–H groups in total. The summed E-state index contributed by atoms with van der Waals surface area (Å²) in [6.07, 6.45) is 0. The first-order chi connectivity index (χ1) is 10.1. The Bertz CT molecular complexity index is 880. The molecule has 4 heteroatoms. The van der Waals surface area contributed by atoms with Gasteiger partial charge in [-0.1, -0.05) is 42.5 Å². The van der Waals surface area contributed by atoms with Gasteiger partial charge in [0.2, 0.25) is 0 Å². The van der Waals surface area contributed by atoms with Crippen LogP contribution in [-0.4, -0.2) is 24.2 Å². The van der Waals surface area contributed by atoms with Crippen LogP contribution in [0.1, 0.15) is 20.7 Å². The molecule has 3 rings (SSSR count). The molecule has 0 aromatic heterocycles. The minimum absolute atomic E-state index is 0.0231. The highest BCUT2D eigenvalue weighted by molar-refractivity contribution is 6.17. The molecule has 3 aromatic carbocycles. The molecule has 104 valence electrons. The molecule has 0 heterocycles. The van der Waals surface area contributed by atoms with Crippen molar-refractivity contribution in [1.29, 1.82) is 0 Å². The van der Waals surface area contributed by atoms with Crippen molar-refractivity contribution >= 4 is 33.5 Å². The van der Waals surface area contributed by atoms with Crippen molar-refractivity contribution in [2.24, 2.45) is 0 Å². The van der Waals surface area contributed by atoms with E-state index in [2.05, 4.69) is 4.74 Å². The van der Waals surface area contributed by atoms with Crippen LogP contribution in [0.25, 0.3) is 21.5 Å². The lowest BCUT2D eigenvalue weighted by Crippen LogP contribution is -2.10. The molecular formula is C17H12O4. The third kappa shape index (κ3) is 2.01.